The summed E-state index contributed by atoms with van der Waals surface area (Å²) >= 11 is 0. The topological polar surface area (TPSA) is 59.6 Å². The van der Waals surface area contributed by atoms with E-state index in [0.717, 1.165) is 25.1 Å². The molecule has 0 aromatic heterocycles. The molecule has 3 rings (SSSR count). The lowest BCUT2D eigenvalue weighted by molar-refractivity contribution is 0.0136. The molecule has 2 N–H and O–H groups in total. The van der Waals surface area contributed by atoms with Crippen LogP contribution in [0.4, 0.5) is 5.69 Å². The molecule has 108 valence electrons. The Balaban J connectivity index is 1.74. The molecule has 1 saturated heterocycles. The van der Waals surface area contributed by atoms with Gasteiger partial charge in [-0.05, 0) is 31.9 Å². The van der Waals surface area contributed by atoms with E-state index in [-0.39, 0.29) is 18.1 Å². The van der Waals surface area contributed by atoms with Crippen molar-refractivity contribution < 1.29 is 14.3 Å². The second-order valence-corrected chi connectivity index (χ2v) is 5.33. The number of benzene rings is 1. The zero-order chi connectivity index (χ0) is 13.9. The molecule has 0 bridgehead atoms. The van der Waals surface area contributed by atoms with Crippen molar-refractivity contribution in [3.63, 3.8) is 0 Å². The van der Waals surface area contributed by atoms with Crippen molar-refractivity contribution >= 4 is 11.6 Å². The summed E-state index contributed by atoms with van der Waals surface area (Å²) in [6.45, 7) is 4.11. The summed E-state index contributed by atoms with van der Waals surface area (Å²) in [5, 5.41) is 6.33. The number of fused-ring (bicyclic) bond motifs is 1. The van der Waals surface area contributed by atoms with Gasteiger partial charge in [-0.3, -0.25) is 4.79 Å². The maximum atomic E-state index is 12.4. The minimum absolute atomic E-state index is 0.0651. The van der Waals surface area contributed by atoms with Crippen LogP contribution < -0.4 is 15.4 Å². The minimum Gasteiger partial charge on any atom is -0.489 e. The van der Waals surface area contributed by atoms with Crippen LogP contribution >= 0.6 is 0 Å². The highest BCUT2D eigenvalue weighted by Crippen LogP contribution is 2.31. The number of amides is 1. The van der Waals surface area contributed by atoms with Crippen LogP contribution in [0.5, 0.6) is 5.75 Å². The van der Waals surface area contributed by atoms with Crippen LogP contribution in [-0.4, -0.2) is 37.8 Å². The van der Waals surface area contributed by atoms with Crippen LogP contribution in [0.1, 0.15) is 30.1 Å². The van der Waals surface area contributed by atoms with Crippen molar-refractivity contribution in [1.82, 2.24) is 5.32 Å². The average molecular weight is 276 g/mol. The number of carbonyl (C=O) groups is 1. The molecule has 0 aliphatic carbocycles. The number of hydrogen-bond donors (Lipinski definition) is 2. The molecule has 2 unspecified atom stereocenters. The molecule has 1 fully saturated rings. The van der Waals surface area contributed by atoms with Crippen LogP contribution in [0.2, 0.25) is 0 Å². The molecule has 5 heteroatoms. The van der Waals surface area contributed by atoms with Gasteiger partial charge in [0.15, 0.2) is 5.75 Å². The summed E-state index contributed by atoms with van der Waals surface area (Å²) < 4.78 is 11.1. The van der Waals surface area contributed by atoms with Gasteiger partial charge in [-0.1, -0.05) is 6.07 Å². The quantitative estimate of drug-likeness (QED) is 0.864. The van der Waals surface area contributed by atoms with Gasteiger partial charge in [0.25, 0.3) is 5.91 Å². The third kappa shape index (κ3) is 2.72. The molecule has 0 radical (unpaired) electrons. The fourth-order valence-electron chi connectivity index (χ4n) is 2.74. The Morgan fingerprint density at radius 2 is 2.30 bits per heavy atom. The largest absolute Gasteiger partial charge is 0.489 e. The second-order valence-electron chi connectivity index (χ2n) is 5.33. The van der Waals surface area contributed by atoms with Crippen molar-refractivity contribution in [3.8, 4) is 5.75 Å². The number of rotatable bonds is 2. The van der Waals surface area contributed by atoms with Crippen molar-refractivity contribution in [2.75, 3.05) is 25.1 Å². The maximum absolute atomic E-state index is 12.4. The third-order valence-corrected chi connectivity index (χ3v) is 3.74. The molecule has 1 aromatic rings. The zero-order valence-corrected chi connectivity index (χ0v) is 11.6. The Kier molecular flexibility index (Phi) is 3.78. The van der Waals surface area contributed by atoms with Crippen molar-refractivity contribution in [3.05, 3.63) is 23.8 Å². The molecule has 0 saturated carbocycles. The first-order valence-corrected chi connectivity index (χ1v) is 7.16. The van der Waals surface area contributed by atoms with Gasteiger partial charge in [-0.2, -0.15) is 0 Å². The van der Waals surface area contributed by atoms with Crippen LogP contribution in [0.3, 0.4) is 0 Å². The minimum atomic E-state index is -0.0651. The van der Waals surface area contributed by atoms with Crippen LogP contribution in [0, 0.1) is 0 Å². The van der Waals surface area contributed by atoms with Crippen LogP contribution in [-0.2, 0) is 4.74 Å². The van der Waals surface area contributed by atoms with Crippen molar-refractivity contribution in [2.45, 2.75) is 31.9 Å². The molecular weight excluding hydrogens is 256 g/mol. The van der Waals surface area contributed by atoms with E-state index in [9.17, 15) is 4.79 Å². The van der Waals surface area contributed by atoms with E-state index in [1.165, 1.54) is 0 Å². The number of hydrogen-bond acceptors (Lipinski definition) is 4. The van der Waals surface area contributed by atoms with E-state index in [1.807, 2.05) is 25.1 Å². The van der Waals surface area contributed by atoms with E-state index in [2.05, 4.69) is 10.6 Å². The van der Waals surface area contributed by atoms with E-state index in [1.54, 1.807) is 0 Å². The predicted molar refractivity (Wildman–Crippen MR) is 76.3 cm³/mol. The summed E-state index contributed by atoms with van der Waals surface area (Å²) in [5.41, 5.74) is 1.50. The summed E-state index contributed by atoms with van der Waals surface area (Å²) in [6.07, 6.45) is 1.93. The highest BCUT2D eigenvalue weighted by Gasteiger charge is 2.24. The Morgan fingerprint density at radius 3 is 3.15 bits per heavy atom. The van der Waals surface area contributed by atoms with Crippen LogP contribution in [0.25, 0.3) is 0 Å². The predicted octanol–water partition coefficient (Wildman–Crippen LogP) is 1.79. The lowest BCUT2D eigenvalue weighted by Crippen LogP contribution is -2.41. The van der Waals surface area contributed by atoms with Gasteiger partial charge in [0.1, 0.15) is 6.61 Å². The molecule has 1 aromatic carbocycles. The Hall–Kier alpha value is -1.75. The SMILES string of the molecule is CC1CC(NC(=O)c2cccc3c2OCCN3)CCO1. The molecular formula is C15H20N2O3. The average Bonchev–Trinajstić information content (AvgIpc) is 2.46. The second kappa shape index (κ2) is 5.71. The number of carbonyl (C=O) groups excluding carboxylic acids is 1. The number of anilines is 1. The lowest BCUT2D eigenvalue weighted by Gasteiger charge is -2.28. The molecule has 20 heavy (non-hydrogen) atoms. The van der Waals surface area contributed by atoms with Gasteiger partial charge in [0.05, 0.1) is 17.4 Å². The first kappa shape index (κ1) is 13.2. The van der Waals surface area contributed by atoms with Gasteiger partial charge in [0.2, 0.25) is 0 Å². The van der Waals surface area contributed by atoms with Crippen molar-refractivity contribution in [2.24, 2.45) is 0 Å². The molecule has 0 spiro atoms. The van der Waals surface area contributed by atoms with E-state index < -0.39 is 0 Å². The molecule has 2 aliphatic rings. The summed E-state index contributed by atoms with van der Waals surface area (Å²) in [7, 11) is 0. The lowest BCUT2D eigenvalue weighted by atomic mass is 10.0. The monoisotopic (exact) mass is 276 g/mol. The smallest absolute Gasteiger partial charge is 0.255 e. The molecule has 2 aliphatic heterocycles. The Morgan fingerprint density at radius 1 is 1.40 bits per heavy atom. The molecule has 2 atom stereocenters. The fourth-order valence-corrected chi connectivity index (χ4v) is 2.74. The first-order valence-electron chi connectivity index (χ1n) is 7.16. The highest BCUT2D eigenvalue weighted by molar-refractivity contribution is 5.99. The maximum Gasteiger partial charge on any atom is 0.255 e. The van der Waals surface area contributed by atoms with Gasteiger partial charge in [-0.15, -0.1) is 0 Å². The highest BCUT2D eigenvalue weighted by atomic mass is 16.5. The molecule has 1 amide bonds. The fraction of sp³-hybridized carbons (Fsp3) is 0.533. The van der Waals surface area contributed by atoms with Gasteiger partial charge in [-0.25, -0.2) is 0 Å². The first-order chi connectivity index (χ1) is 9.74. The van der Waals surface area contributed by atoms with Crippen LogP contribution in [0.15, 0.2) is 18.2 Å². The summed E-state index contributed by atoms with van der Waals surface area (Å²) in [4.78, 5) is 12.4. The summed E-state index contributed by atoms with van der Waals surface area (Å²) in [5.74, 6) is 0.598. The van der Waals surface area contributed by atoms with Gasteiger partial charge in [0, 0.05) is 19.2 Å². The number of nitrogens with one attached hydrogen (secondary N) is 2. The number of para-hydroxylation sites is 1. The van der Waals surface area contributed by atoms with Crippen molar-refractivity contribution in [1.29, 1.82) is 0 Å². The van der Waals surface area contributed by atoms with E-state index in [4.69, 9.17) is 9.47 Å². The van der Waals surface area contributed by atoms with Gasteiger partial charge < -0.3 is 20.1 Å². The molecule has 2 heterocycles. The zero-order valence-electron chi connectivity index (χ0n) is 11.6. The molecule has 5 nitrogen and oxygen atoms in total. The van der Waals surface area contributed by atoms with E-state index >= 15 is 0 Å². The Bertz CT molecular complexity index is 504. The van der Waals surface area contributed by atoms with Gasteiger partial charge >= 0.3 is 0 Å². The van der Waals surface area contributed by atoms with E-state index in [0.29, 0.717) is 24.5 Å². The standard InChI is InChI=1S/C15H20N2O3/c1-10-9-11(5-7-19-10)17-15(18)12-3-2-4-13-14(12)20-8-6-16-13/h2-4,10-11,16H,5-9H2,1H3,(H,17,18). The normalized spacial score (nSPS) is 25.1. The summed E-state index contributed by atoms with van der Waals surface area (Å²) in [6, 6.07) is 5.80. The number of ether oxygens (including phenoxy) is 2. The third-order valence-electron chi connectivity index (χ3n) is 3.74. The Labute approximate surface area is 118 Å².